The molecule has 0 bridgehead atoms. The highest BCUT2D eigenvalue weighted by Gasteiger charge is 2.31. The maximum absolute atomic E-state index is 5.85. The monoisotopic (exact) mass is 294 g/mol. The molecule has 0 aliphatic heterocycles. The van der Waals surface area contributed by atoms with Crippen LogP contribution in [0.4, 0.5) is 0 Å². The summed E-state index contributed by atoms with van der Waals surface area (Å²) in [5.74, 6) is 1.81. The Morgan fingerprint density at radius 1 is 1.41 bits per heavy atom. The number of benzene rings is 1. The van der Waals surface area contributed by atoms with Crippen molar-refractivity contribution in [2.45, 2.75) is 25.2 Å². The Kier molecular flexibility index (Phi) is 2.92. The zero-order valence-electron chi connectivity index (χ0n) is 9.53. The van der Waals surface area contributed by atoms with Crippen molar-refractivity contribution in [2.24, 2.45) is 11.7 Å². The van der Waals surface area contributed by atoms with Gasteiger partial charge in [0.15, 0.2) is 11.5 Å². The zero-order chi connectivity index (χ0) is 11.8. The smallest absolute Gasteiger partial charge is 0.198 e. The van der Waals surface area contributed by atoms with Crippen molar-refractivity contribution in [3.63, 3.8) is 0 Å². The lowest BCUT2D eigenvalue weighted by atomic mass is 9.96. The Hall–Kier alpha value is -0.870. The van der Waals surface area contributed by atoms with Crippen LogP contribution in [0.3, 0.4) is 0 Å². The second-order valence-corrected chi connectivity index (χ2v) is 5.61. The number of rotatable bonds is 2. The maximum atomic E-state index is 5.85. The Morgan fingerprint density at radius 2 is 2.29 bits per heavy atom. The van der Waals surface area contributed by atoms with Crippen molar-refractivity contribution in [1.82, 2.24) is 4.98 Å². The summed E-state index contributed by atoms with van der Waals surface area (Å²) in [5, 5.41) is 0. The van der Waals surface area contributed by atoms with Gasteiger partial charge in [-0.15, -0.1) is 0 Å². The topological polar surface area (TPSA) is 52.0 Å². The minimum atomic E-state index is 0.408. The number of aromatic nitrogens is 1. The van der Waals surface area contributed by atoms with Crippen LogP contribution in [-0.4, -0.2) is 11.5 Å². The molecule has 0 saturated heterocycles. The number of hydrogen-bond acceptors (Lipinski definition) is 3. The van der Waals surface area contributed by atoms with Gasteiger partial charge in [0.05, 0.1) is 0 Å². The van der Waals surface area contributed by atoms with Gasteiger partial charge in [-0.3, -0.25) is 0 Å². The summed E-state index contributed by atoms with van der Waals surface area (Å²) in [5.41, 5.74) is 7.60. The van der Waals surface area contributed by atoms with Crippen LogP contribution in [0.2, 0.25) is 0 Å². The van der Waals surface area contributed by atoms with E-state index in [0.717, 1.165) is 34.4 Å². The fourth-order valence-corrected chi connectivity index (χ4v) is 3.07. The van der Waals surface area contributed by atoms with Crippen LogP contribution >= 0.6 is 15.9 Å². The Morgan fingerprint density at radius 3 is 3.12 bits per heavy atom. The molecule has 1 saturated carbocycles. The van der Waals surface area contributed by atoms with E-state index in [9.17, 15) is 0 Å². The summed E-state index contributed by atoms with van der Waals surface area (Å²) in [7, 11) is 0. The number of oxazole rings is 1. The predicted octanol–water partition coefficient (Wildman–Crippen LogP) is 3.43. The third-order valence-electron chi connectivity index (χ3n) is 3.65. The van der Waals surface area contributed by atoms with Crippen molar-refractivity contribution in [1.29, 1.82) is 0 Å². The number of nitrogens with zero attached hydrogens (tertiary/aromatic N) is 1. The lowest BCUT2D eigenvalue weighted by Gasteiger charge is -2.13. The molecule has 1 aliphatic carbocycles. The summed E-state index contributed by atoms with van der Waals surface area (Å²) in [4.78, 5) is 4.60. The van der Waals surface area contributed by atoms with Gasteiger partial charge >= 0.3 is 0 Å². The Bertz CT molecular complexity index is 537. The lowest BCUT2D eigenvalue weighted by Crippen LogP contribution is -2.17. The molecule has 0 radical (unpaired) electrons. The number of hydrogen-bond donors (Lipinski definition) is 1. The van der Waals surface area contributed by atoms with Crippen LogP contribution in [0.5, 0.6) is 0 Å². The van der Waals surface area contributed by atoms with Gasteiger partial charge in [-0.1, -0.05) is 22.4 Å². The second kappa shape index (κ2) is 4.42. The number of nitrogens with two attached hydrogens (primary N) is 1. The molecule has 1 heterocycles. The van der Waals surface area contributed by atoms with E-state index >= 15 is 0 Å². The van der Waals surface area contributed by atoms with E-state index in [4.69, 9.17) is 10.2 Å². The van der Waals surface area contributed by atoms with E-state index in [0.29, 0.717) is 11.8 Å². The van der Waals surface area contributed by atoms with Gasteiger partial charge in [0.25, 0.3) is 0 Å². The maximum Gasteiger partial charge on any atom is 0.198 e. The molecule has 3 rings (SSSR count). The van der Waals surface area contributed by atoms with Crippen LogP contribution in [0.25, 0.3) is 11.1 Å². The molecule has 4 heteroatoms. The normalized spacial score (nSPS) is 24.6. The van der Waals surface area contributed by atoms with Crippen LogP contribution in [0.1, 0.15) is 31.1 Å². The molecule has 1 aromatic heterocycles. The molecular weight excluding hydrogens is 280 g/mol. The summed E-state index contributed by atoms with van der Waals surface area (Å²) in [6, 6.07) is 5.93. The molecule has 90 valence electrons. The van der Waals surface area contributed by atoms with E-state index in [1.807, 2.05) is 18.2 Å². The van der Waals surface area contributed by atoms with Crippen molar-refractivity contribution in [3.05, 3.63) is 28.6 Å². The molecule has 0 spiro atoms. The standard InChI is InChI=1S/C13H15BrN2O/c14-9-4-5-12-11(6-9)16-13(17-12)10-3-1-2-8(10)7-15/h4-6,8,10H,1-3,7,15H2. The third kappa shape index (κ3) is 2.00. The van der Waals surface area contributed by atoms with Gasteiger partial charge in [0.2, 0.25) is 0 Å². The van der Waals surface area contributed by atoms with Crippen molar-refractivity contribution in [2.75, 3.05) is 6.54 Å². The van der Waals surface area contributed by atoms with Gasteiger partial charge in [0, 0.05) is 10.4 Å². The van der Waals surface area contributed by atoms with Gasteiger partial charge < -0.3 is 10.2 Å². The first-order valence-corrected chi connectivity index (χ1v) is 6.83. The van der Waals surface area contributed by atoms with Crippen LogP contribution < -0.4 is 5.73 Å². The van der Waals surface area contributed by atoms with E-state index in [1.54, 1.807) is 0 Å². The Labute approximate surface area is 109 Å². The van der Waals surface area contributed by atoms with E-state index < -0.39 is 0 Å². The highest BCUT2D eigenvalue weighted by molar-refractivity contribution is 9.10. The highest BCUT2D eigenvalue weighted by atomic mass is 79.9. The molecule has 17 heavy (non-hydrogen) atoms. The van der Waals surface area contributed by atoms with E-state index in [2.05, 4.69) is 20.9 Å². The van der Waals surface area contributed by atoms with Gasteiger partial charge in [-0.2, -0.15) is 0 Å². The van der Waals surface area contributed by atoms with E-state index in [1.165, 1.54) is 12.8 Å². The molecule has 0 amide bonds. The first kappa shape index (κ1) is 11.2. The van der Waals surface area contributed by atoms with Crippen LogP contribution in [0, 0.1) is 5.92 Å². The second-order valence-electron chi connectivity index (χ2n) is 4.70. The molecule has 2 aromatic rings. The average Bonchev–Trinajstić information content (AvgIpc) is 2.93. The quantitative estimate of drug-likeness (QED) is 0.923. The number of halogens is 1. The average molecular weight is 295 g/mol. The zero-order valence-corrected chi connectivity index (χ0v) is 11.1. The number of fused-ring (bicyclic) bond motifs is 1. The predicted molar refractivity (Wildman–Crippen MR) is 70.8 cm³/mol. The van der Waals surface area contributed by atoms with Crippen molar-refractivity contribution >= 4 is 27.0 Å². The largest absolute Gasteiger partial charge is 0.440 e. The molecular formula is C13H15BrN2O. The molecule has 1 aliphatic rings. The van der Waals surface area contributed by atoms with E-state index in [-0.39, 0.29) is 0 Å². The highest BCUT2D eigenvalue weighted by Crippen LogP contribution is 2.39. The third-order valence-corrected chi connectivity index (χ3v) is 4.14. The molecule has 1 aromatic carbocycles. The minimum absolute atomic E-state index is 0.408. The first-order valence-electron chi connectivity index (χ1n) is 6.04. The minimum Gasteiger partial charge on any atom is -0.440 e. The summed E-state index contributed by atoms with van der Waals surface area (Å²) in [6.45, 7) is 0.729. The lowest BCUT2D eigenvalue weighted by molar-refractivity contribution is 0.401. The van der Waals surface area contributed by atoms with Crippen LogP contribution in [0.15, 0.2) is 27.1 Å². The van der Waals surface area contributed by atoms with Crippen molar-refractivity contribution in [3.8, 4) is 0 Å². The van der Waals surface area contributed by atoms with Gasteiger partial charge in [-0.25, -0.2) is 4.98 Å². The molecule has 1 fully saturated rings. The summed E-state index contributed by atoms with van der Waals surface area (Å²) >= 11 is 3.45. The van der Waals surface area contributed by atoms with Gasteiger partial charge in [-0.05, 0) is 43.5 Å². The SMILES string of the molecule is NCC1CCCC1c1nc2cc(Br)ccc2o1. The molecule has 2 N–H and O–H groups in total. The first-order chi connectivity index (χ1) is 8.28. The summed E-state index contributed by atoms with van der Waals surface area (Å²) in [6.07, 6.45) is 3.58. The molecule has 2 unspecified atom stereocenters. The Balaban J connectivity index is 2.00. The van der Waals surface area contributed by atoms with Crippen molar-refractivity contribution < 1.29 is 4.42 Å². The molecule has 3 nitrogen and oxygen atoms in total. The fraction of sp³-hybridized carbons (Fsp3) is 0.462. The molecule has 2 atom stereocenters. The fourth-order valence-electron chi connectivity index (χ4n) is 2.72. The van der Waals surface area contributed by atoms with Gasteiger partial charge in [0.1, 0.15) is 5.52 Å². The summed E-state index contributed by atoms with van der Waals surface area (Å²) < 4.78 is 6.89. The van der Waals surface area contributed by atoms with Crippen LogP contribution in [-0.2, 0) is 0 Å².